The summed E-state index contributed by atoms with van der Waals surface area (Å²) in [6, 6.07) is 12.4. The Morgan fingerprint density at radius 3 is 2.62 bits per heavy atom. The number of amides is 3. The number of anilines is 1. The Balaban J connectivity index is 1.11. The van der Waals surface area contributed by atoms with E-state index in [1.807, 2.05) is 18.2 Å². The zero-order valence-corrected chi connectivity index (χ0v) is 21.0. The topological polar surface area (TPSA) is 119 Å². The van der Waals surface area contributed by atoms with Crippen molar-refractivity contribution in [1.29, 1.82) is 0 Å². The number of ether oxygens (including phenoxy) is 3. The van der Waals surface area contributed by atoms with Crippen LogP contribution in [0, 0.1) is 0 Å². The highest BCUT2D eigenvalue weighted by molar-refractivity contribution is 7.13. The lowest BCUT2D eigenvalue weighted by molar-refractivity contribution is -0.120. The SMILES string of the molecule is COc1ccc(C(=O)N(CC(=O)Nc2nc(CC(=O)NCc3ccc4c(c3)OCO4)cs2)C2CC2)cc1. The molecule has 192 valence electrons. The molecule has 0 radical (unpaired) electrons. The van der Waals surface area contributed by atoms with Crippen molar-refractivity contribution in [1.82, 2.24) is 15.2 Å². The minimum atomic E-state index is -0.332. The van der Waals surface area contributed by atoms with E-state index in [-0.39, 0.29) is 43.5 Å². The molecule has 0 spiro atoms. The Morgan fingerprint density at radius 2 is 1.86 bits per heavy atom. The molecule has 2 aliphatic rings. The number of hydrogen-bond acceptors (Lipinski definition) is 8. The normalized spacial score (nSPS) is 13.6. The number of aromatic nitrogens is 1. The first kappa shape index (κ1) is 24.6. The third-order valence-corrected chi connectivity index (χ3v) is 6.77. The van der Waals surface area contributed by atoms with Gasteiger partial charge in [0.05, 0.1) is 19.2 Å². The maximum absolute atomic E-state index is 13.0. The van der Waals surface area contributed by atoms with E-state index in [1.54, 1.807) is 41.7 Å². The number of nitrogens with zero attached hydrogens (tertiary/aromatic N) is 2. The summed E-state index contributed by atoms with van der Waals surface area (Å²) < 4.78 is 15.8. The molecule has 11 heteroatoms. The summed E-state index contributed by atoms with van der Waals surface area (Å²) in [6.07, 6.45) is 1.83. The standard InChI is InChI=1S/C26H26N4O6S/c1-34-20-7-3-17(4-8-20)25(33)30(19-5-6-19)13-24(32)29-26-28-18(14-37-26)11-23(31)27-12-16-2-9-21-22(10-16)36-15-35-21/h2-4,7-10,14,19H,5-6,11-13,15H2,1H3,(H,27,31)(H,28,29,32). The number of thiazole rings is 1. The molecule has 1 saturated carbocycles. The molecule has 1 aliphatic heterocycles. The Kier molecular flexibility index (Phi) is 7.22. The van der Waals surface area contributed by atoms with Crippen LogP contribution in [0.15, 0.2) is 47.8 Å². The molecule has 2 aromatic carbocycles. The Hall–Kier alpha value is -4.12. The third-order valence-electron chi connectivity index (χ3n) is 5.97. The predicted octanol–water partition coefficient (Wildman–Crippen LogP) is 2.98. The van der Waals surface area contributed by atoms with Crippen molar-refractivity contribution in [3.8, 4) is 17.2 Å². The summed E-state index contributed by atoms with van der Waals surface area (Å²) in [5.41, 5.74) is 1.95. The van der Waals surface area contributed by atoms with Crippen LogP contribution in [-0.2, 0) is 22.6 Å². The quantitative estimate of drug-likeness (QED) is 0.420. The summed E-state index contributed by atoms with van der Waals surface area (Å²) in [5, 5.41) is 7.73. The number of hydrogen-bond donors (Lipinski definition) is 2. The largest absolute Gasteiger partial charge is 0.497 e. The molecule has 0 bridgehead atoms. The van der Waals surface area contributed by atoms with Gasteiger partial charge >= 0.3 is 0 Å². The van der Waals surface area contributed by atoms with Crippen molar-refractivity contribution in [2.75, 3.05) is 25.8 Å². The zero-order valence-electron chi connectivity index (χ0n) is 20.2. The van der Waals surface area contributed by atoms with Gasteiger partial charge in [0.2, 0.25) is 18.6 Å². The van der Waals surface area contributed by atoms with Crippen molar-refractivity contribution in [2.24, 2.45) is 0 Å². The molecule has 3 amide bonds. The van der Waals surface area contributed by atoms with E-state index < -0.39 is 0 Å². The molecule has 1 aliphatic carbocycles. The molecular weight excluding hydrogens is 496 g/mol. The highest BCUT2D eigenvalue weighted by atomic mass is 32.1. The Labute approximate surface area is 217 Å². The summed E-state index contributed by atoms with van der Waals surface area (Å²) in [5.74, 6) is 1.30. The molecule has 3 aromatic rings. The summed E-state index contributed by atoms with van der Waals surface area (Å²) >= 11 is 1.24. The van der Waals surface area contributed by atoms with Crippen LogP contribution < -0.4 is 24.8 Å². The number of nitrogens with one attached hydrogen (secondary N) is 2. The Bertz CT molecular complexity index is 1300. The van der Waals surface area contributed by atoms with Crippen LogP contribution in [0.5, 0.6) is 17.2 Å². The summed E-state index contributed by atoms with van der Waals surface area (Å²) in [6.45, 7) is 0.480. The number of benzene rings is 2. The molecule has 37 heavy (non-hydrogen) atoms. The molecule has 10 nitrogen and oxygen atoms in total. The fourth-order valence-corrected chi connectivity index (χ4v) is 4.62. The second-order valence-electron chi connectivity index (χ2n) is 8.73. The van der Waals surface area contributed by atoms with E-state index in [1.165, 1.54) is 11.3 Å². The lowest BCUT2D eigenvalue weighted by Gasteiger charge is -2.21. The number of carbonyl (C=O) groups is 3. The lowest BCUT2D eigenvalue weighted by Crippen LogP contribution is -2.39. The average Bonchev–Trinajstić information content (AvgIpc) is 3.48. The molecule has 2 heterocycles. The van der Waals surface area contributed by atoms with Crippen molar-refractivity contribution < 1.29 is 28.6 Å². The van der Waals surface area contributed by atoms with Crippen LogP contribution in [0.3, 0.4) is 0 Å². The highest BCUT2D eigenvalue weighted by Crippen LogP contribution is 2.32. The number of rotatable bonds is 10. The number of methoxy groups -OCH3 is 1. The number of carbonyl (C=O) groups excluding carboxylic acids is 3. The maximum atomic E-state index is 13.0. The average molecular weight is 523 g/mol. The molecule has 5 rings (SSSR count). The monoisotopic (exact) mass is 522 g/mol. The van der Waals surface area contributed by atoms with Crippen LogP contribution in [0.25, 0.3) is 0 Å². The van der Waals surface area contributed by atoms with Gasteiger partial charge in [0.15, 0.2) is 16.6 Å². The molecule has 1 aromatic heterocycles. The van der Waals surface area contributed by atoms with Crippen molar-refractivity contribution in [2.45, 2.75) is 31.8 Å². The van der Waals surface area contributed by atoms with E-state index in [4.69, 9.17) is 14.2 Å². The van der Waals surface area contributed by atoms with Gasteiger partial charge in [-0.05, 0) is 54.8 Å². The van der Waals surface area contributed by atoms with Gasteiger partial charge in [0.25, 0.3) is 5.91 Å². The molecule has 2 N–H and O–H groups in total. The van der Waals surface area contributed by atoms with E-state index in [2.05, 4.69) is 15.6 Å². The molecule has 0 saturated heterocycles. The van der Waals surface area contributed by atoms with Crippen LogP contribution in [0.1, 0.15) is 34.5 Å². The fraction of sp³-hybridized carbons (Fsp3) is 0.308. The van der Waals surface area contributed by atoms with Gasteiger partial charge in [-0.1, -0.05) is 6.07 Å². The van der Waals surface area contributed by atoms with Gasteiger partial charge in [-0.25, -0.2) is 4.98 Å². The van der Waals surface area contributed by atoms with Gasteiger partial charge < -0.3 is 29.7 Å². The zero-order chi connectivity index (χ0) is 25.8. The van der Waals surface area contributed by atoms with Gasteiger partial charge in [0, 0.05) is 23.5 Å². The second-order valence-corrected chi connectivity index (χ2v) is 9.58. The van der Waals surface area contributed by atoms with Crippen LogP contribution >= 0.6 is 11.3 Å². The maximum Gasteiger partial charge on any atom is 0.254 e. The molecule has 1 fully saturated rings. The van der Waals surface area contributed by atoms with Crippen LogP contribution in [0.2, 0.25) is 0 Å². The van der Waals surface area contributed by atoms with Crippen molar-refractivity contribution in [3.05, 3.63) is 64.7 Å². The molecule has 0 unspecified atom stereocenters. The van der Waals surface area contributed by atoms with Gasteiger partial charge in [0.1, 0.15) is 12.3 Å². The van der Waals surface area contributed by atoms with Gasteiger partial charge in [-0.2, -0.15) is 0 Å². The van der Waals surface area contributed by atoms with Gasteiger partial charge in [-0.15, -0.1) is 11.3 Å². The second kappa shape index (κ2) is 10.9. The summed E-state index contributed by atoms with van der Waals surface area (Å²) in [7, 11) is 1.56. The lowest BCUT2D eigenvalue weighted by atomic mass is 10.2. The first-order valence-electron chi connectivity index (χ1n) is 11.8. The van der Waals surface area contributed by atoms with Crippen molar-refractivity contribution >= 4 is 34.2 Å². The predicted molar refractivity (Wildman–Crippen MR) is 136 cm³/mol. The van der Waals surface area contributed by atoms with E-state index in [0.29, 0.717) is 40.2 Å². The molecular formula is C26H26N4O6S. The minimum Gasteiger partial charge on any atom is -0.497 e. The van der Waals surface area contributed by atoms with E-state index in [0.717, 1.165) is 18.4 Å². The van der Waals surface area contributed by atoms with Crippen molar-refractivity contribution in [3.63, 3.8) is 0 Å². The Morgan fingerprint density at radius 1 is 1.08 bits per heavy atom. The van der Waals surface area contributed by atoms with E-state index >= 15 is 0 Å². The highest BCUT2D eigenvalue weighted by Gasteiger charge is 2.34. The first-order chi connectivity index (χ1) is 18.0. The third kappa shape index (κ3) is 6.18. The number of fused-ring (bicyclic) bond motifs is 1. The smallest absolute Gasteiger partial charge is 0.254 e. The van der Waals surface area contributed by atoms with Gasteiger partial charge in [-0.3, -0.25) is 14.4 Å². The first-order valence-corrected chi connectivity index (χ1v) is 12.7. The van der Waals surface area contributed by atoms with E-state index in [9.17, 15) is 14.4 Å². The van der Waals surface area contributed by atoms with Crippen LogP contribution in [-0.4, -0.2) is 54.1 Å². The minimum absolute atomic E-state index is 0.0562. The fourth-order valence-electron chi connectivity index (χ4n) is 3.89. The van der Waals surface area contributed by atoms with Crippen LogP contribution in [0.4, 0.5) is 5.13 Å². The summed E-state index contributed by atoms with van der Waals surface area (Å²) in [4.78, 5) is 44.0. The molecule has 0 atom stereocenters.